The molecule has 1 aliphatic heterocycles. The van der Waals surface area contributed by atoms with Gasteiger partial charge in [0.25, 0.3) is 5.56 Å². The lowest BCUT2D eigenvalue weighted by atomic mass is 10.1. The zero-order valence-corrected chi connectivity index (χ0v) is 14.9. The van der Waals surface area contributed by atoms with Gasteiger partial charge in [0.2, 0.25) is 5.91 Å². The van der Waals surface area contributed by atoms with Gasteiger partial charge in [0, 0.05) is 42.9 Å². The smallest absolute Gasteiger partial charge is 0.253 e. The Hall–Kier alpha value is -3.35. The van der Waals surface area contributed by atoms with Crippen molar-refractivity contribution in [2.24, 2.45) is 0 Å². The number of pyridine rings is 2. The molecule has 1 N–H and O–H groups in total. The Labute approximate surface area is 155 Å². The summed E-state index contributed by atoms with van der Waals surface area (Å²) < 4.78 is 11.2. The van der Waals surface area contributed by atoms with Gasteiger partial charge in [-0.05, 0) is 23.8 Å². The third-order valence-corrected chi connectivity index (χ3v) is 4.49. The molecule has 2 aromatic heterocycles. The Kier molecular flexibility index (Phi) is 4.50. The van der Waals surface area contributed by atoms with Crippen molar-refractivity contribution in [3.8, 4) is 11.5 Å². The molecule has 0 radical (unpaired) electrons. The van der Waals surface area contributed by atoms with Crippen LogP contribution in [0.3, 0.4) is 0 Å². The zero-order chi connectivity index (χ0) is 18.8. The predicted octanol–water partition coefficient (Wildman–Crippen LogP) is 2.24. The lowest BCUT2D eigenvalue weighted by Gasteiger charge is -2.21. The Morgan fingerprint density at radius 2 is 1.96 bits per heavy atom. The number of hydrogen-bond acceptors (Lipinski definition) is 5. The third-order valence-electron chi connectivity index (χ3n) is 4.49. The lowest BCUT2D eigenvalue weighted by Crippen LogP contribution is -2.30. The number of fused-ring (bicyclic) bond motifs is 2. The van der Waals surface area contributed by atoms with Gasteiger partial charge in [0.05, 0.1) is 12.1 Å². The Balaban J connectivity index is 1.66. The molecule has 0 unspecified atom stereocenters. The van der Waals surface area contributed by atoms with E-state index in [0.717, 1.165) is 10.9 Å². The first kappa shape index (κ1) is 17.1. The number of hydrogen-bond donors (Lipinski definition) is 1. The van der Waals surface area contributed by atoms with Crippen molar-refractivity contribution < 1.29 is 14.3 Å². The van der Waals surface area contributed by atoms with Crippen molar-refractivity contribution in [1.29, 1.82) is 0 Å². The summed E-state index contributed by atoms with van der Waals surface area (Å²) >= 11 is 0. The lowest BCUT2D eigenvalue weighted by molar-refractivity contribution is -0.130. The normalized spacial score (nSPS) is 12.8. The van der Waals surface area contributed by atoms with Crippen LogP contribution in [0.1, 0.15) is 18.1 Å². The molecule has 1 amide bonds. The number of nitrogens with zero attached hydrogens (tertiary/aromatic N) is 2. The third kappa shape index (κ3) is 3.62. The van der Waals surface area contributed by atoms with E-state index in [2.05, 4.69) is 9.97 Å². The summed E-state index contributed by atoms with van der Waals surface area (Å²) in [5, 5.41) is 0.832. The molecule has 7 heteroatoms. The number of aromatic nitrogens is 2. The molecule has 0 aliphatic carbocycles. The quantitative estimate of drug-likeness (QED) is 0.767. The van der Waals surface area contributed by atoms with E-state index >= 15 is 0 Å². The second-order valence-electron chi connectivity index (χ2n) is 6.44. The molecule has 7 nitrogen and oxygen atoms in total. The molecule has 0 fully saturated rings. The molecule has 0 spiro atoms. The van der Waals surface area contributed by atoms with Gasteiger partial charge in [-0.2, -0.15) is 0 Å². The molecule has 138 valence electrons. The Morgan fingerprint density at radius 1 is 1.19 bits per heavy atom. The number of carbonyl (C=O) groups excluding carboxylic acids is 1. The number of amides is 1. The number of rotatable bonds is 4. The van der Waals surface area contributed by atoms with Crippen LogP contribution >= 0.6 is 0 Å². The molecule has 0 bridgehead atoms. The van der Waals surface area contributed by atoms with Gasteiger partial charge in [-0.25, -0.2) is 0 Å². The molecule has 0 atom stereocenters. The highest BCUT2D eigenvalue weighted by Crippen LogP contribution is 2.33. The largest absolute Gasteiger partial charge is 0.486 e. The summed E-state index contributed by atoms with van der Waals surface area (Å²) in [6, 6.07) is 9.14. The number of benzene rings is 1. The highest BCUT2D eigenvalue weighted by molar-refractivity contribution is 5.83. The van der Waals surface area contributed by atoms with Crippen molar-refractivity contribution in [3.05, 3.63) is 64.2 Å². The first-order valence-electron chi connectivity index (χ1n) is 8.70. The molecular formula is C20H19N3O4. The maximum absolute atomic E-state index is 12.5. The molecule has 1 aromatic carbocycles. The minimum absolute atomic E-state index is 0.111. The maximum Gasteiger partial charge on any atom is 0.253 e. The number of carbonyl (C=O) groups is 1. The second kappa shape index (κ2) is 7.11. The summed E-state index contributed by atoms with van der Waals surface area (Å²) in [7, 11) is 0. The molecular weight excluding hydrogens is 346 g/mol. The fraction of sp³-hybridized carbons (Fsp3) is 0.250. The highest BCUT2D eigenvalue weighted by Gasteiger charge is 2.16. The van der Waals surface area contributed by atoms with E-state index in [1.165, 1.54) is 6.92 Å². The summed E-state index contributed by atoms with van der Waals surface area (Å²) in [6.45, 7) is 3.08. The van der Waals surface area contributed by atoms with Crippen molar-refractivity contribution in [1.82, 2.24) is 14.9 Å². The molecule has 3 aromatic rings. The average Bonchev–Trinajstić information content (AvgIpc) is 2.67. The summed E-state index contributed by atoms with van der Waals surface area (Å²) in [5.41, 5.74) is 1.87. The topological polar surface area (TPSA) is 84.5 Å². The van der Waals surface area contributed by atoms with Crippen molar-refractivity contribution >= 4 is 16.8 Å². The second-order valence-corrected chi connectivity index (χ2v) is 6.44. The van der Waals surface area contributed by atoms with Gasteiger partial charge in [-0.1, -0.05) is 6.07 Å². The molecule has 0 saturated carbocycles. The van der Waals surface area contributed by atoms with Crippen LogP contribution in [-0.4, -0.2) is 34.0 Å². The van der Waals surface area contributed by atoms with Crippen molar-refractivity contribution in [2.45, 2.75) is 20.0 Å². The van der Waals surface area contributed by atoms with Gasteiger partial charge in [-0.3, -0.25) is 14.6 Å². The first-order chi connectivity index (χ1) is 13.1. The van der Waals surface area contributed by atoms with Crippen LogP contribution in [0.2, 0.25) is 0 Å². The highest BCUT2D eigenvalue weighted by atomic mass is 16.6. The van der Waals surface area contributed by atoms with Gasteiger partial charge >= 0.3 is 0 Å². The van der Waals surface area contributed by atoms with E-state index in [1.54, 1.807) is 29.4 Å². The van der Waals surface area contributed by atoms with Crippen molar-refractivity contribution in [2.75, 3.05) is 13.2 Å². The van der Waals surface area contributed by atoms with E-state index in [4.69, 9.17) is 9.47 Å². The molecule has 4 rings (SSSR count). The summed E-state index contributed by atoms with van der Waals surface area (Å²) in [4.78, 5) is 33.2. The minimum atomic E-state index is -0.225. The first-order valence-corrected chi connectivity index (χ1v) is 8.70. The van der Waals surface area contributed by atoms with E-state index < -0.39 is 0 Å². The van der Waals surface area contributed by atoms with Crippen LogP contribution in [0.4, 0.5) is 0 Å². The molecule has 1 aliphatic rings. The van der Waals surface area contributed by atoms with Gasteiger partial charge in [0.1, 0.15) is 13.2 Å². The standard InChI is InChI=1S/C20H19N3O4/c1-13(24)23(11-14-3-2-4-21-10-14)12-16-7-15-8-18-19(27-6-5-26-18)9-17(15)22-20(16)25/h2-4,7-10H,5-6,11-12H2,1H3,(H,22,25). The van der Waals surface area contributed by atoms with E-state index in [-0.39, 0.29) is 18.0 Å². The van der Waals surface area contributed by atoms with Crippen LogP contribution in [0.25, 0.3) is 10.9 Å². The van der Waals surface area contributed by atoms with E-state index in [0.29, 0.717) is 42.3 Å². The maximum atomic E-state index is 12.5. The van der Waals surface area contributed by atoms with Crippen molar-refractivity contribution in [3.63, 3.8) is 0 Å². The number of aromatic amines is 1. The van der Waals surface area contributed by atoms with Crippen LogP contribution in [0.5, 0.6) is 11.5 Å². The Bertz CT molecular complexity index is 1050. The molecule has 27 heavy (non-hydrogen) atoms. The van der Waals surface area contributed by atoms with Crippen LogP contribution in [0.15, 0.2) is 47.5 Å². The fourth-order valence-corrected chi connectivity index (χ4v) is 3.10. The SMILES string of the molecule is CC(=O)N(Cc1cccnc1)Cc1cc2cc3c(cc2[nH]c1=O)OCCO3. The average molecular weight is 365 g/mol. The Morgan fingerprint density at radius 3 is 2.67 bits per heavy atom. The number of H-pyrrole nitrogens is 1. The number of nitrogens with one attached hydrogen (secondary N) is 1. The van der Waals surface area contributed by atoms with Crippen LogP contribution < -0.4 is 15.0 Å². The minimum Gasteiger partial charge on any atom is -0.486 e. The monoisotopic (exact) mass is 365 g/mol. The summed E-state index contributed by atoms with van der Waals surface area (Å²) in [6.07, 6.45) is 3.40. The molecule has 0 saturated heterocycles. The number of ether oxygens (including phenoxy) is 2. The molecule has 3 heterocycles. The van der Waals surface area contributed by atoms with E-state index in [9.17, 15) is 9.59 Å². The van der Waals surface area contributed by atoms with Gasteiger partial charge < -0.3 is 19.4 Å². The summed E-state index contributed by atoms with van der Waals surface area (Å²) in [5.74, 6) is 1.17. The zero-order valence-electron chi connectivity index (χ0n) is 14.9. The van der Waals surface area contributed by atoms with Crippen LogP contribution in [-0.2, 0) is 17.9 Å². The van der Waals surface area contributed by atoms with Crippen LogP contribution in [0, 0.1) is 0 Å². The van der Waals surface area contributed by atoms with Gasteiger partial charge in [-0.15, -0.1) is 0 Å². The van der Waals surface area contributed by atoms with E-state index in [1.807, 2.05) is 18.2 Å². The fourth-order valence-electron chi connectivity index (χ4n) is 3.10. The van der Waals surface area contributed by atoms with Gasteiger partial charge in [0.15, 0.2) is 11.5 Å². The predicted molar refractivity (Wildman–Crippen MR) is 99.7 cm³/mol.